The fourth-order valence-corrected chi connectivity index (χ4v) is 3.55. The second kappa shape index (κ2) is 6.78. The van der Waals surface area contributed by atoms with E-state index in [-0.39, 0.29) is 18.1 Å². The monoisotopic (exact) mass is 362 g/mol. The Bertz CT molecular complexity index is 829. The Morgan fingerprint density at radius 2 is 1.88 bits per heavy atom. The average Bonchev–Trinajstić information content (AvgIpc) is 3.07. The van der Waals surface area contributed by atoms with Crippen LogP contribution in [-0.2, 0) is 9.59 Å². The van der Waals surface area contributed by atoms with Crippen LogP contribution in [0, 0.1) is 0 Å². The standard InChI is InChI=1S/C16H15ClN4O2S/c1-3-12(22)15-14(10-5-7-11(17)8-6-10)21(13(23)4-2)20-9-18-19-16(20)24-15/h5-9H,3-4H2,1-2H3. The summed E-state index contributed by atoms with van der Waals surface area (Å²) >= 11 is 7.20. The molecule has 2 aromatic rings. The van der Waals surface area contributed by atoms with Crippen molar-refractivity contribution in [2.24, 2.45) is 0 Å². The number of carbonyl (C=O) groups excluding carboxylic acids is 2. The summed E-state index contributed by atoms with van der Waals surface area (Å²) in [7, 11) is 0. The molecule has 0 saturated carbocycles. The van der Waals surface area contributed by atoms with Gasteiger partial charge in [0.2, 0.25) is 11.1 Å². The average molecular weight is 363 g/mol. The van der Waals surface area contributed by atoms with Crippen LogP contribution >= 0.6 is 23.4 Å². The number of aromatic nitrogens is 3. The lowest BCUT2D eigenvalue weighted by atomic mass is 10.1. The van der Waals surface area contributed by atoms with Gasteiger partial charge < -0.3 is 0 Å². The first-order valence-electron chi connectivity index (χ1n) is 7.51. The van der Waals surface area contributed by atoms with Crippen LogP contribution in [0.5, 0.6) is 0 Å². The van der Waals surface area contributed by atoms with Gasteiger partial charge >= 0.3 is 0 Å². The molecule has 0 radical (unpaired) electrons. The lowest BCUT2D eigenvalue weighted by Crippen LogP contribution is -2.41. The van der Waals surface area contributed by atoms with E-state index >= 15 is 0 Å². The molecule has 0 fully saturated rings. The van der Waals surface area contributed by atoms with Crippen molar-refractivity contribution < 1.29 is 9.59 Å². The topological polar surface area (TPSA) is 68.1 Å². The van der Waals surface area contributed by atoms with Crippen molar-refractivity contribution in [1.29, 1.82) is 0 Å². The Labute approximate surface area is 148 Å². The number of hydrogen-bond acceptors (Lipinski definition) is 5. The maximum absolute atomic E-state index is 12.6. The number of carbonyl (C=O) groups is 2. The van der Waals surface area contributed by atoms with Gasteiger partial charge in [0.05, 0.1) is 10.6 Å². The van der Waals surface area contributed by atoms with Crippen molar-refractivity contribution in [2.75, 3.05) is 5.01 Å². The van der Waals surface area contributed by atoms with Gasteiger partial charge in [-0.2, -0.15) is 0 Å². The van der Waals surface area contributed by atoms with Crippen LogP contribution in [0.2, 0.25) is 5.02 Å². The van der Waals surface area contributed by atoms with Crippen molar-refractivity contribution in [2.45, 2.75) is 31.8 Å². The molecule has 0 unspecified atom stereocenters. The summed E-state index contributed by atoms with van der Waals surface area (Å²) in [6.45, 7) is 3.57. The van der Waals surface area contributed by atoms with Gasteiger partial charge in [-0.25, -0.2) is 9.69 Å². The smallest absolute Gasteiger partial charge is 0.246 e. The second-order valence-corrected chi connectivity index (χ2v) is 6.49. The molecule has 0 saturated heterocycles. The van der Waals surface area contributed by atoms with Crippen molar-refractivity contribution in [3.8, 4) is 0 Å². The van der Waals surface area contributed by atoms with Gasteiger partial charge in [-0.15, -0.1) is 10.2 Å². The number of ketones is 1. The highest BCUT2D eigenvalue weighted by Crippen LogP contribution is 2.39. The first-order valence-corrected chi connectivity index (χ1v) is 8.70. The lowest BCUT2D eigenvalue weighted by Gasteiger charge is -2.31. The molecule has 0 atom stereocenters. The number of amides is 1. The third-order valence-corrected chi connectivity index (χ3v) is 4.90. The number of hydrogen-bond donors (Lipinski definition) is 0. The van der Waals surface area contributed by atoms with Gasteiger partial charge in [-0.1, -0.05) is 37.6 Å². The quantitative estimate of drug-likeness (QED) is 0.835. The SMILES string of the molecule is CCC(=O)C1=C(c2ccc(Cl)cc2)N(C(=O)CC)n2cnnc2S1. The molecule has 1 amide bonds. The fourth-order valence-electron chi connectivity index (χ4n) is 2.37. The van der Waals surface area contributed by atoms with Gasteiger partial charge in [-0.05, 0) is 23.9 Å². The van der Waals surface area contributed by atoms with Crippen LogP contribution < -0.4 is 5.01 Å². The van der Waals surface area contributed by atoms with E-state index in [1.165, 1.54) is 23.1 Å². The van der Waals surface area contributed by atoms with Gasteiger partial charge in [0.1, 0.15) is 6.33 Å². The normalized spacial score (nSPS) is 13.9. The second-order valence-electron chi connectivity index (χ2n) is 5.08. The Kier molecular flexibility index (Phi) is 4.73. The molecule has 24 heavy (non-hydrogen) atoms. The molecule has 8 heteroatoms. The first kappa shape index (κ1) is 16.7. The lowest BCUT2D eigenvalue weighted by molar-refractivity contribution is -0.119. The van der Waals surface area contributed by atoms with Crippen molar-refractivity contribution in [3.63, 3.8) is 0 Å². The van der Waals surface area contributed by atoms with Gasteiger partial charge in [0.25, 0.3) is 0 Å². The van der Waals surface area contributed by atoms with E-state index in [1.54, 1.807) is 42.8 Å². The van der Waals surface area contributed by atoms with E-state index in [1.807, 2.05) is 0 Å². The summed E-state index contributed by atoms with van der Waals surface area (Å²) in [5.74, 6) is -0.198. The number of rotatable bonds is 4. The fraction of sp³-hybridized carbons (Fsp3) is 0.250. The predicted molar refractivity (Wildman–Crippen MR) is 93.1 cm³/mol. The molecule has 3 rings (SSSR count). The Hall–Kier alpha value is -2.12. The van der Waals surface area contributed by atoms with Crippen molar-refractivity contribution >= 4 is 40.8 Å². The highest BCUT2D eigenvalue weighted by atomic mass is 35.5. The molecule has 1 aliphatic heterocycles. The number of benzene rings is 1. The Morgan fingerprint density at radius 3 is 2.50 bits per heavy atom. The van der Waals surface area contributed by atoms with E-state index in [4.69, 9.17) is 11.6 Å². The molecular formula is C16H15ClN4O2S. The molecular weight excluding hydrogens is 348 g/mol. The van der Waals surface area contributed by atoms with Crippen LogP contribution in [0.25, 0.3) is 5.70 Å². The molecule has 0 bridgehead atoms. The molecule has 1 aromatic carbocycles. The third kappa shape index (κ3) is 2.85. The van der Waals surface area contributed by atoms with Crippen molar-refractivity contribution in [1.82, 2.24) is 14.9 Å². The Balaban J connectivity index is 2.25. The molecule has 2 heterocycles. The summed E-state index contributed by atoms with van der Waals surface area (Å²) in [5.41, 5.74) is 1.28. The number of nitrogens with zero attached hydrogens (tertiary/aromatic N) is 4. The predicted octanol–water partition coefficient (Wildman–Crippen LogP) is 3.26. The van der Waals surface area contributed by atoms with E-state index in [0.29, 0.717) is 27.2 Å². The minimum Gasteiger partial charge on any atom is -0.294 e. The van der Waals surface area contributed by atoms with Crippen LogP contribution in [0.15, 0.2) is 40.7 Å². The maximum atomic E-state index is 12.6. The van der Waals surface area contributed by atoms with Crippen LogP contribution in [-0.4, -0.2) is 26.6 Å². The summed E-state index contributed by atoms with van der Waals surface area (Å²) in [6.07, 6.45) is 2.09. The third-order valence-electron chi connectivity index (χ3n) is 3.57. The summed E-state index contributed by atoms with van der Waals surface area (Å²) < 4.78 is 1.58. The first-order chi connectivity index (χ1) is 11.6. The summed E-state index contributed by atoms with van der Waals surface area (Å²) in [6, 6.07) is 7.07. The molecule has 1 aromatic heterocycles. The zero-order valence-corrected chi connectivity index (χ0v) is 14.8. The maximum Gasteiger partial charge on any atom is 0.246 e. The van der Waals surface area contributed by atoms with Crippen LogP contribution in [0.1, 0.15) is 32.3 Å². The highest BCUT2D eigenvalue weighted by Gasteiger charge is 2.33. The summed E-state index contributed by atoms with van der Waals surface area (Å²) in [5, 5.41) is 10.4. The number of allylic oxidation sites excluding steroid dienone is 1. The van der Waals surface area contributed by atoms with Crippen LogP contribution in [0.3, 0.4) is 0 Å². The number of thioether (sulfide) groups is 1. The molecule has 1 aliphatic rings. The Morgan fingerprint density at radius 1 is 1.17 bits per heavy atom. The minimum atomic E-state index is -0.150. The van der Waals surface area contributed by atoms with E-state index in [9.17, 15) is 9.59 Å². The van der Waals surface area contributed by atoms with Gasteiger partial charge in [-0.3, -0.25) is 9.59 Å². The number of halogens is 1. The van der Waals surface area contributed by atoms with E-state index in [0.717, 1.165) is 5.56 Å². The molecule has 6 nitrogen and oxygen atoms in total. The molecule has 124 valence electrons. The van der Waals surface area contributed by atoms with Gasteiger partial charge in [0, 0.05) is 23.4 Å². The number of Topliss-reactive ketones (excluding diaryl/α,β-unsaturated/α-hetero) is 1. The van der Waals surface area contributed by atoms with Crippen LogP contribution in [0.4, 0.5) is 0 Å². The zero-order valence-electron chi connectivity index (χ0n) is 13.2. The van der Waals surface area contributed by atoms with Gasteiger partial charge in [0.15, 0.2) is 5.78 Å². The largest absolute Gasteiger partial charge is 0.294 e. The van der Waals surface area contributed by atoms with E-state index in [2.05, 4.69) is 10.2 Å². The number of fused-ring (bicyclic) bond motifs is 1. The molecule has 0 aliphatic carbocycles. The minimum absolute atomic E-state index is 0.0481. The van der Waals surface area contributed by atoms with E-state index < -0.39 is 0 Å². The molecule has 0 spiro atoms. The zero-order chi connectivity index (χ0) is 17.3. The summed E-state index contributed by atoms with van der Waals surface area (Å²) in [4.78, 5) is 25.6. The molecule has 0 N–H and O–H groups in total. The highest BCUT2D eigenvalue weighted by molar-refractivity contribution is 8.04. The van der Waals surface area contributed by atoms with Crippen molar-refractivity contribution in [3.05, 3.63) is 46.1 Å².